The predicted octanol–water partition coefficient (Wildman–Crippen LogP) is 5.40. The molecule has 0 aliphatic carbocycles. The highest BCUT2D eigenvalue weighted by Crippen LogP contribution is 2.26. The second kappa shape index (κ2) is 7.91. The molecule has 1 N–H and O–H groups in total. The van der Waals surface area contributed by atoms with Gasteiger partial charge in [-0.15, -0.1) is 0 Å². The van der Waals surface area contributed by atoms with Gasteiger partial charge in [0, 0.05) is 16.6 Å². The van der Waals surface area contributed by atoms with Crippen LogP contribution in [-0.2, 0) is 11.2 Å². The van der Waals surface area contributed by atoms with Gasteiger partial charge in [-0.1, -0.05) is 48.0 Å². The van der Waals surface area contributed by atoms with E-state index in [9.17, 15) is 4.79 Å². The van der Waals surface area contributed by atoms with Crippen LogP contribution in [0.25, 0.3) is 10.9 Å². The Morgan fingerprint density at radius 3 is 2.63 bits per heavy atom. The maximum absolute atomic E-state index is 12.8. The molecule has 2 aromatic carbocycles. The van der Waals surface area contributed by atoms with Gasteiger partial charge >= 0.3 is 0 Å². The van der Waals surface area contributed by atoms with Gasteiger partial charge < -0.3 is 5.32 Å². The second-order valence-corrected chi connectivity index (χ2v) is 7.49. The Labute approximate surface area is 166 Å². The second-order valence-electron chi connectivity index (χ2n) is 6.28. The number of hydrogen-bond donors (Lipinski definition) is 1. The molecule has 0 saturated carbocycles. The van der Waals surface area contributed by atoms with Gasteiger partial charge in [-0.3, -0.25) is 9.78 Å². The van der Waals surface area contributed by atoms with Crippen molar-refractivity contribution in [1.29, 1.82) is 0 Å². The molecule has 0 saturated heterocycles. The number of nitrogens with zero attached hydrogens (tertiary/aromatic N) is 1. The van der Waals surface area contributed by atoms with E-state index in [-0.39, 0.29) is 18.4 Å². The van der Waals surface area contributed by atoms with E-state index in [2.05, 4.69) is 15.7 Å². The Balaban J connectivity index is 1.59. The molecule has 2 aromatic heterocycles. The van der Waals surface area contributed by atoms with Crippen LogP contribution in [0, 0.1) is 0 Å². The lowest BCUT2D eigenvalue weighted by molar-refractivity contribution is -0.120. The summed E-state index contributed by atoms with van der Waals surface area (Å²) in [4.78, 5) is 17.3. The maximum atomic E-state index is 12.8. The molecule has 27 heavy (non-hydrogen) atoms. The molecule has 1 unspecified atom stereocenters. The zero-order valence-corrected chi connectivity index (χ0v) is 16.0. The predicted molar refractivity (Wildman–Crippen MR) is 111 cm³/mol. The molecule has 134 valence electrons. The van der Waals surface area contributed by atoms with Crippen LogP contribution in [0.5, 0.6) is 0 Å². The number of carbonyl (C=O) groups excluding carboxylic acids is 1. The zero-order chi connectivity index (χ0) is 18.6. The molecule has 1 atom stereocenters. The summed E-state index contributed by atoms with van der Waals surface area (Å²) < 4.78 is 0. The van der Waals surface area contributed by atoms with Crippen molar-refractivity contribution in [2.24, 2.45) is 0 Å². The first kappa shape index (κ1) is 17.7. The number of carbonyl (C=O) groups is 1. The minimum Gasteiger partial charge on any atom is -0.345 e. The third-order valence-electron chi connectivity index (χ3n) is 4.45. The number of hydrogen-bond acceptors (Lipinski definition) is 3. The van der Waals surface area contributed by atoms with Crippen molar-refractivity contribution in [2.45, 2.75) is 12.5 Å². The van der Waals surface area contributed by atoms with Crippen LogP contribution in [0.1, 0.15) is 22.7 Å². The Morgan fingerprint density at radius 1 is 1.04 bits per heavy atom. The minimum absolute atomic E-state index is 0.0423. The molecule has 1 amide bonds. The Morgan fingerprint density at radius 2 is 1.85 bits per heavy atom. The third-order valence-corrected chi connectivity index (χ3v) is 5.41. The van der Waals surface area contributed by atoms with Crippen LogP contribution >= 0.6 is 22.9 Å². The van der Waals surface area contributed by atoms with E-state index in [0.717, 1.165) is 27.6 Å². The number of aromatic nitrogens is 1. The summed E-state index contributed by atoms with van der Waals surface area (Å²) >= 11 is 7.63. The van der Waals surface area contributed by atoms with Crippen molar-refractivity contribution in [3.63, 3.8) is 0 Å². The fourth-order valence-corrected chi connectivity index (χ4v) is 3.96. The van der Waals surface area contributed by atoms with Crippen LogP contribution in [-0.4, -0.2) is 10.9 Å². The summed E-state index contributed by atoms with van der Waals surface area (Å²) in [6, 6.07) is 19.2. The van der Waals surface area contributed by atoms with Gasteiger partial charge in [0.15, 0.2) is 0 Å². The van der Waals surface area contributed by atoms with Crippen LogP contribution in [0.2, 0.25) is 5.02 Å². The largest absolute Gasteiger partial charge is 0.345 e. The molecule has 0 fully saturated rings. The van der Waals surface area contributed by atoms with E-state index in [1.165, 1.54) is 0 Å². The molecule has 4 rings (SSSR count). The highest BCUT2D eigenvalue weighted by molar-refractivity contribution is 7.08. The number of para-hydroxylation sites is 1. The van der Waals surface area contributed by atoms with Crippen molar-refractivity contribution in [3.8, 4) is 0 Å². The van der Waals surface area contributed by atoms with Gasteiger partial charge in [0.1, 0.15) is 0 Å². The van der Waals surface area contributed by atoms with E-state index in [0.29, 0.717) is 5.02 Å². The molecule has 4 aromatic rings. The van der Waals surface area contributed by atoms with E-state index in [1.54, 1.807) is 17.5 Å². The Hall–Kier alpha value is -2.69. The van der Waals surface area contributed by atoms with Gasteiger partial charge in [0.05, 0.1) is 18.0 Å². The lowest BCUT2D eigenvalue weighted by atomic mass is 10.0. The van der Waals surface area contributed by atoms with Crippen LogP contribution in [0.3, 0.4) is 0 Å². The Kier molecular flexibility index (Phi) is 5.19. The van der Waals surface area contributed by atoms with Gasteiger partial charge in [0.2, 0.25) is 5.91 Å². The average Bonchev–Trinajstić information content (AvgIpc) is 3.22. The number of thiophene rings is 1. The van der Waals surface area contributed by atoms with Crippen molar-refractivity contribution >= 4 is 39.7 Å². The maximum Gasteiger partial charge on any atom is 0.225 e. The van der Waals surface area contributed by atoms with E-state index in [1.807, 2.05) is 66.0 Å². The SMILES string of the molecule is O=C(Cc1cccc2cccnc12)NC(c1ccc(Cl)cc1)c1ccsc1. The van der Waals surface area contributed by atoms with Crippen molar-refractivity contribution in [2.75, 3.05) is 0 Å². The molecule has 0 radical (unpaired) electrons. The van der Waals surface area contributed by atoms with E-state index in [4.69, 9.17) is 11.6 Å². The summed E-state index contributed by atoms with van der Waals surface area (Å²) in [5, 5.41) is 8.95. The lowest BCUT2D eigenvalue weighted by Gasteiger charge is -2.19. The molecule has 3 nitrogen and oxygen atoms in total. The first-order valence-electron chi connectivity index (χ1n) is 8.60. The number of pyridine rings is 1. The number of rotatable bonds is 5. The molecule has 0 bridgehead atoms. The van der Waals surface area contributed by atoms with Crippen molar-refractivity contribution < 1.29 is 4.79 Å². The summed E-state index contributed by atoms with van der Waals surface area (Å²) in [6.07, 6.45) is 2.04. The first-order valence-corrected chi connectivity index (χ1v) is 9.92. The van der Waals surface area contributed by atoms with E-state index >= 15 is 0 Å². The van der Waals surface area contributed by atoms with Crippen LogP contribution < -0.4 is 5.32 Å². The fourth-order valence-electron chi connectivity index (χ4n) is 3.15. The monoisotopic (exact) mass is 392 g/mol. The molecular weight excluding hydrogens is 376 g/mol. The zero-order valence-electron chi connectivity index (χ0n) is 14.4. The number of amides is 1. The Bertz CT molecular complexity index is 1060. The summed E-state index contributed by atoms with van der Waals surface area (Å²) in [6.45, 7) is 0. The number of nitrogens with one attached hydrogen (secondary N) is 1. The quantitative estimate of drug-likeness (QED) is 0.494. The van der Waals surface area contributed by atoms with Gasteiger partial charge in [-0.25, -0.2) is 0 Å². The van der Waals surface area contributed by atoms with Gasteiger partial charge in [-0.2, -0.15) is 11.3 Å². The highest BCUT2D eigenvalue weighted by atomic mass is 35.5. The summed E-state index contributed by atoms with van der Waals surface area (Å²) in [7, 11) is 0. The van der Waals surface area contributed by atoms with Gasteiger partial charge in [0.25, 0.3) is 0 Å². The van der Waals surface area contributed by atoms with Gasteiger partial charge in [-0.05, 0) is 51.7 Å². The topological polar surface area (TPSA) is 42.0 Å². The van der Waals surface area contributed by atoms with E-state index < -0.39 is 0 Å². The number of benzene rings is 2. The number of fused-ring (bicyclic) bond motifs is 1. The molecular formula is C22H17ClN2OS. The third kappa shape index (κ3) is 4.02. The van der Waals surface area contributed by atoms with Crippen LogP contribution in [0.15, 0.2) is 77.6 Å². The summed E-state index contributed by atoms with van der Waals surface area (Å²) in [5.41, 5.74) is 3.86. The first-order chi connectivity index (χ1) is 13.2. The summed E-state index contributed by atoms with van der Waals surface area (Å²) in [5.74, 6) is -0.0423. The standard InChI is InChI=1S/C22H17ClN2OS/c23-19-8-6-16(7-9-19)22(18-10-12-27-14-18)25-20(26)13-17-4-1-3-15-5-2-11-24-21(15)17/h1-12,14,22H,13H2,(H,25,26). The smallest absolute Gasteiger partial charge is 0.225 e. The lowest BCUT2D eigenvalue weighted by Crippen LogP contribution is -2.30. The number of halogens is 1. The average molecular weight is 393 g/mol. The normalized spacial score (nSPS) is 12.0. The van der Waals surface area contributed by atoms with Crippen LogP contribution in [0.4, 0.5) is 0 Å². The molecule has 2 heterocycles. The molecule has 0 aliphatic rings. The highest BCUT2D eigenvalue weighted by Gasteiger charge is 2.18. The van der Waals surface area contributed by atoms with Crippen molar-refractivity contribution in [1.82, 2.24) is 10.3 Å². The minimum atomic E-state index is -0.205. The molecule has 5 heteroatoms. The molecule has 0 aliphatic heterocycles. The fraction of sp³-hybridized carbons (Fsp3) is 0.0909. The van der Waals surface area contributed by atoms with Crippen molar-refractivity contribution in [3.05, 3.63) is 99.3 Å². The molecule has 0 spiro atoms.